The van der Waals surface area contributed by atoms with Crippen LogP contribution in [-0.2, 0) is 17.8 Å². The fraction of sp³-hybridized carbons (Fsp3) is 0.450. The van der Waals surface area contributed by atoms with Gasteiger partial charge in [-0.1, -0.05) is 17.3 Å². The smallest absolute Gasteiger partial charge is 0.387 e. The van der Waals surface area contributed by atoms with Gasteiger partial charge in [-0.2, -0.15) is 8.78 Å². The maximum Gasteiger partial charge on any atom is 0.387 e. The van der Waals surface area contributed by atoms with Crippen molar-refractivity contribution in [3.05, 3.63) is 46.8 Å². The van der Waals surface area contributed by atoms with Gasteiger partial charge in [0.2, 0.25) is 5.91 Å². The van der Waals surface area contributed by atoms with Crippen LogP contribution in [-0.4, -0.2) is 59.7 Å². The molecule has 1 aliphatic rings. The van der Waals surface area contributed by atoms with Gasteiger partial charge in [-0.15, -0.1) is 0 Å². The van der Waals surface area contributed by atoms with Gasteiger partial charge in [0, 0.05) is 38.3 Å². The molecule has 1 fully saturated rings. The van der Waals surface area contributed by atoms with Gasteiger partial charge >= 0.3 is 12.6 Å². The number of piperazine rings is 1. The molecular weight excluding hydrogens is 398 g/mol. The molecule has 0 atom stereocenters. The number of hydrogen-bond donors (Lipinski definition) is 1. The summed E-state index contributed by atoms with van der Waals surface area (Å²) in [6.45, 7) is 2.56. The van der Waals surface area contributed by atoms with E-state index in [0.29, 0.717) is 43.2 Å². The van der Waals surface area contributed by atoms with Gasteiger partial charge < -0.3 is 24.4 Å². The third kappa shape index (κ3) is 5.46. The minimum Gasteiger partial charge on any atom is -0.435 e. The first-order chi connectivity index (χ1) is 14.3. The molecule has 1 N–H and O–H groups in total. The first kappa shape index (κ1) is 21.5. The molecule has 1 aromatic heterocycles. The van der Waals surface area contributed by atoms with Crippen LogP contribution < -0.4 is 10.1 Å². The molecule has 0 unspecified atom stereocenters. The third-order valence-corrected chi connectivity index (χ3v) is 5.00. The third-order valence-electron chi connectivity index (χ3n) is 5.00. The number of nitrogens with one attached hydrogen (secondary N) is 1. The van der Waals surface area contributed by atoms with Crippen LogP contribution in [0.5, 0.6) is 5.75 Å². The summed E-state index contributed by atoms with van der Waals surface area (Å²) in [5.74, 6) is 0.657. The van der Waals surface area contributed by atoms with Crippen LogP contribution >= 0.6 is 0 Å². The topological polar surface area (TPSA) is 87.9 Å². The standard InChI is InChI=1S/C20H24F2N4O4/c1-13-17(14(2)30-24-13)11-18(27)25-6-8-26(9-7-25)20(28)23-12-15-4-3-5-16(10-15)29-19(21)22/h3-5,10,19H,6-9,11-12H2,1-2H3,(H,23,28). The average Bonchev–Trinajstić information content (AvgIpc) is 3.04. The number of amides is 3. The second kappa shape index (κ2) is 9.55. The number of urea groups is 1. The lowest BCUT2D eigenvalue weighted by atomic mass is 10.1. The number of aromatic nitrogens is 1. The Balaban J connectivity index is 1.45. The second-order valence-corrected chi connectivity index (χ2v) is 7.03. The Labute approximate surface area is 172 Å². The van der Waals surface area contributed by atoms with E-state index in [1.165, 1.54) is 12.1 Å². The maximum absolute atomic E-state index is 12.5. The summed E-state index contributed by atoms with van der Waals surface area (Å²) in [5, 5.41) is 6.63. The van der Waals surface area contributed by atoms with Crippen LogP contribution in [0.15, 0.2) is 28.8 Å². The Bertz CT molecular complexity index is 875. The Morgan fingerprint density at radius 3 is 2.53 bits per heavy atom. The van der Waals surface area contributed by atoms with Crippen LogP contribution in [0.2, 0.25) is 0 Å². The number of hydrogen-bond acceptors (Lipinski definition) is 5. The van der Waals surface area contributed by atoms with Gasteiger partial charge in [0.15, 0.2) is 0 Å². The first-order valence-electron chi connectivity index (χ1n) is 9.59. The van der Waals surface area contributed by atoms with E-state index in [4.69, 9.17) is 4.52 Å². The van der Waals surface area contributed by atoms with E-state index in [2.05, 4.69) is 15.2 Å². The van der Waals surface area contributed by atoms with E-state index >= 15 is 0 Å². The quantitative estimate of drug-likeness (QED) is 0.773. The van der Waals surface area contributed by atoms with Crippen LogP contribution in [0.1, 0.15) is 22.6 Å². The molecule has 0 bridgehead atoms. The van der Waals surface area contributed by atoms with E-state index in [9.17, 15) is 18.4 Å². The number of ether oxygens (including phenoxy) is 1. The lowest BCUT2D eigenvalue weighted by molar-refractivity contribution is -0.131. The van der Waals surface area contributed by atoms with Crippen LogP contribution in [0.4, 0.5) is 13.6 Å². The number of benzene rings is 1. The van der Waals surface area contributed by atoms with Crippen molar-refractivity contribution in [2.24, 2.45) is 0 Å². The number of aryl methyl sites for hydroxylation is 2. The summed E-state index contributed by atoms with van der Waals surface area (Å²) < 4.78 is 34.1. The largest absolute Gasteiger partial charge is 0.435 e. The zero-order chi connectivity index (χ0) is 21.7. The fourth-order valence-electron chi connectivity index (χ4n) is 3.30. The molecule has 30 heavy (non-hydrogen) atoms. The van der Waals surface area contributed by atoms with Crippen molar-refractivity contribution >= 4 is 11.9 Å². The monoisotopic (exact) mass is 422 g/mol. The number of carbonyl (C=O) groups excluding carboxylic acids is 2. The van der Waals surface area contributed by atoms with Crippen molar-refractivity contribution in [2.75, 3.05) is 26.2 Å². The van der Waals surface area contributed by atoms with Gasteiger partial charge in [0.25, 0.3) is 0 Å². The molecular formula is C20H24F2N4O4. The first-order valence-corrected chi connectivity index (χ1v) is 9.59. The summed E-state index contributed by atoms with van der Waals surface area (Å²) in [7, 11) is 0. The van der Waals surface area contributed by atoms with Crippen LogP contribution in [0.3, 0.4) is 0 Å². The van der Waals surface area contributed by atoms with Crippen molar-refractivity contribution in [3.8, 4) is 5.75 Å². The van der Waals surface area contributed by atoms with E-state index in [1.807, 2.05) is 0 Å². The molecule has 2 heterocycles. The highest BCUT2D eigenvalue weighted by molar-refractivity contribution is 5.80. The van der Waals surface area contributed by atoms with Crippen molar-refractivity contribution in [1.82, 2.24) is 20.3 Å². The van der Waals surface area contributed by atoms with Crippen LogP contribution in [0, 0.1) is 13.8 Å². The summed E-state index contributed by atoms with van der Waals surface area (Å²) >= 11 is 0. The van der Waals surface area contributed by atoms with E-state index < -0.39 is 6.61 Å². The number of halogens is 2. The predicted molar refractivity (Wildman–Crippen MR) is 103 cm³/mol. The average molecular weight is 422 g/mol. The zero-order valence-corrected chi connectivity index (χ0v) is 16.9. The van der Waals surface area contributed by atoms with Gasteiger partial charge in [-0.05, 0) is 31.5 Å². The second-order valence-electron chi connectivity index (χ2n) is 7.03. The molecule has 1 aliphatic heterocycles. The molecule has 0 aliphatic carbocycles. The Kier molecular flexibility index (Phi) is 6.86. The van der Waals surface area contributed by atoms with Gasteiger partial charge in [-0.25, -0.2) is 4.79 Å². The minimum absolute atomic E-state index is 0.0275. The molecule has 162 valence electrons. The molecule has 1 aromatic carbocycles. The maximum atomic E-state index is 12.5. The lowest BCUT2D eigenvalue weighted by Crippen LogP contribution is -2.53. The van der Waals surface area contributed by atoms with Gasteiger partial charge in [0.05, 0.1) is 12.1 Å². The molecule has 0 spiro atoms. The highest BCUT2D eigenvalue weighted by atomic mass is 19.3. The molecule has 2 aromatic rings. The Morgan fingerprint density at radius 1 is 1.20 bits per heavy atom. The molecule has 3 rings (SSSR count). The van der Waals surface area contributed by atoms with E-state index in [1.54, 1.807) is 35.8 Å². The fourth-order valence-corrected chi connectivity index (χ4v) is 3.30. The van der Waals surface area contributed by atoms with E-state index in [-0.39, 0.29) is 30.7 Å². The van der Waals surface area contributed by atoms with Gasteiger partial charge in [-0.3, -0.25) is 4.79 Å². The molecule has 0 radical (unpaired) electrons. The normalized spacial score (nSPS) is 14.2. The number of alkyl halides is 2. The molecule has 8 nitrogen and oxygen atoms in total. The zero-order valence-electron chi connectivity index (χ0n) is 16.9. The van der Waals surface area contributed by atoms with Crippen molar-refractivity contribution in [3.63, 3.8) is 0 Å². The SMILES string of the molecule is Cc1noc(C)c1CC(=O)N1CCN(C(=O)NCc2cccc(OC(F)F)c2)CC1. The Hall–Kier alpha value is -3.17. The minimum atomic E-state index is -2.90. The van der Waals surface area contributed by atoms with Crippen molar-refractivity contribution in [1.29, 1.82) is 0 Å². The molecule has 1 saturated heterocycles. The number of rotatable bonds is 6. The van der Waals surface area contributed by atoms with Crippen molar-refractivity contribution < 1.29 is 27.6 Å². The van der Waals surface area contributed by atoms with Gasteiger partial charge in [0.1, 0.15) is 11.5 Å². The van der Waals surface area contributed by atoms with E-state index in [0.717, 1.165) is 5.56 Å². The number of nitrogens with zero attached hydrogens (tertiary/aromatic N) is 3. The summed E-state index contributed by atoms with van der Waals surface area (Å²) in [4.78, 5) is 28.3. The van der Waals surface area contributed by atoms with Crippen LogP contribution in [0.25, 0.3) is 0 Å². The number of carbonyl (C=O) groups is 2. The lowest BCUT2D eigenvalue weighted by Gasteiger charge is -2.34. The summed E-state index contributed by atoms with van der Waals surface area (Å²) in [5.41, 5.74) is 2.16. The Morgan fingerprint density at radius 2 is 1.90 bits per heavy atom. The van der Waals surface area contributed by atoms with Crippen molar-refractivity contribution in [2.45, 2.75) is 33.4 Å². The predicted octanol–water partition coefficient (Wildman–Crippen LogP) is 2.49. The highest BCUT2D eigenvalue weighted by Gasteiger charge is 2.25. The highest BCUT2D eigenvalue weighted by Crippen LogP contribution is 2.17. The summed E-state index contributed by atoms with van der Waals surface area (Å²) in [6.07, 6.45) is 0.227. The molecule has 10 heteroatoms. The molecule has 0 saturated carbocycles. The summed E-state index contributed by atoms with van der Waals surface area (Å²) in [6, 6.07) is 5.91. The molecule has 3 amide bonds.